The number of nitrogens with zero attached hydrogens (tertiary/aromatic N) is 1. The van der Waals surface area contributed by atoms with Crippen LogP contribution < -0.4 is 4.90 Å². The molecule has 4 heteroatoms. The van der Waals surface area contributed by atoms with Crippen molar-refractivity contribution in [2.24, 2.45) is 23.7 Å². The second-order valence-corrected chi connectivity index (χ2v) is 7.35. The van der Waals surface area contributed by atoms with Crippen molar-refractivity contribution in [2.45, 2.75) is 13.8 Å². The second kappa shape index (κ2) is 4.66. The van der Waals surface area contributed by atoms with Gasteiger partial charge in [0, 0.05) is 16.3 Å². The molecule has 3 aliphatic rings. The molecular weight excluding hydrogens is 342 g/mol. The van der Waals surface area contributed by atoms with E-state index in [9.17, 15) is 9.59 Å². The highest BCUT2D eigenvalue weighted by Crippen LogP contribution is 2.57. The number of allylic oxidation sites excluding steroid dienone is 4. The van der Waals surface area contributed by atoms with Gasteiger partial charge in [0.1, 0.15) is 0 Å². The van der Waals surface area contributed by atoms with E-state index in [1.807, 2.05) is 24.3 Å². The minimum absolute atomic E-state index is 0.0482. The van der Waals surface area contributed by atoms with Gasteiger partial charge in [-0.05, 0) is 38.1 Å². The lowest BCUT2D eigenvalue weighted by Crippen LogP contribution is -2.33. The van der Waals surface area contributed by atoms with Crippen molar-refractivity contribution in [3.8, 4) is 0 Å². The molecule has 22 heavy (non-hydrogen) atoms. The van der Waals surface area contributed by atoms with Crippen LogP contribution in [0.5, 0.6) is 0 Å². The van der Waals surface area contributed by atoms with E-state index in [0.717, 1.165) is 4.47 Å². The zero-order valence-electron chi connectivity index (χ0n) is 12.4. The largest absolute Gasteiger partial charge is 0.274 e. The molecule has 2 fully saturated rings. The maximum Gasteiger partial charge on any atom is 0.238 e. The molecule has 1 aromatic rings. The summed E-state index contributed by atoms with van der Waals surface area (Å²) in [5.41, 5.74) is 3.20. The zero-order valence-corrected chi connectivity index (χ0v) is 14.0. The molecule has 1 saturated heterocycles. The number of anilines is 1. The standard InChI is InChI=1S/C18H16BrNO2/c1-9(2)14-12-7-8-13(14)16-15(12)17(21)20(18(16)22)11-5-3-10(19)4-6-11/h3-8,12-13,15-16H,1-2H3/t12-,13-,15-,16-/m1/s1. The molecule has 0 aromatic heterocycles. The van der Waals surface area contributed by atoms with Crippen molar-refractivity contribution in [1.29, 1.82) is 0 Å². The molecule has 2 amide bonds. The lowest BCUT2D eigenvalue weighted by molar-refractivity contribution is -0.122. The van der Waals surface area contributed by atoms with Gasteiger partial charge in [-0.2, -0.15) is 0 Å². The van der Waals surface area contributed by atoms with Crippen molar-refractivity contribution in [3.05, 3.63) is 52.0 Å². The third-order valence-electron chi connectivity index (χ3n) is 5.08. The molecule has 3 nitrogen and oxygen atoms in total. The molecular formula is C18H16BrNO2. The number of amides is 2. The van der Waals surface area contributed by atoms with Gasteiger partial charge < -0.3 is 0 Å². The predicted octanol–water partition coefficient (Wildman–Crippen LogP) is 3.71. The molecule has 2 aliphatic carbocycles. The number of benzene rings is 1. The number of fused-ring (bicyclic) bond motifs is 5. The second-order valence-electron chi connectivity index (χ2n) is 6.43. The molecule has 1 heterocycles. The van der Waals surface area contributed by atoms with Crippen LogP contribution in [0, 0.1) is 23.7 Å². The molecule has 1 aliphatic heterocycles. The first-order valence-corrected chi connectivity index (χ1v) is 8.29. The van der Waals surface area contributed by atoms with Crippen LogP contribution in [0.15, 0.2) is 52.0 Å². The Hall–Kier alpha value is -1.68. The molecule has 112 valence electrons. The summed E-state index contributed by atoms with van der Waals surface area (Å²) < 4.78 is 0.934. The molecule has 0 unspecified atom stereocenters. The van der Waals surface area contributed by atoms with Gasteiger partial charge in [0.15, 0.2) is 0 Å². The van der Waals surface area contributed by atoms with Crippen molar-refractivity contribution in [1.82, 2.24) is 0 Å². The zero-order chi connectivity index (χ0) is 15.6. The minimum atomic E-state index is -0.212. The molecule has 0 spiro atoms. The van der Waals surface area contributed by atoms with E-state index in [2.05, 4.69) is 41.9 Å². The minimum Gasteiger partial charge on any atom is -0.274 e. The fourth-order valence-electron chi connectivity index (χ4n) is 4.27. The number of carbonyl (C=O) groups excluding carboxylic acids is 2. The van der Waals surface area contributed by atoms with E-state index in [4.69, 9.17) is 0 Å². The number of carbonyl (C=O) groups is 2. The Kier molecular flexibility index (Phi) is 2.95. The summed E-state index contributed by atoms with van der Waals surface area (Å²) in [4.78, 5) is 27.1. The van der Waals surface area contributed by atoms with Gasteiger partial charge in [0.2, 0.25) is 11.8 Å². The lowest BCUT2D eigenvalue weighted by Gasteiger charge is -2.19. The Balaban J connectivity index is 1.76. The van der Waals surface area contributed by atoms with E-state index in [0.29, 0.717) is 5.69 Å². The number of imide groups is 1. The van der Waals surface area contributed by atoms with Crippen LogP contribution >= 0.6 is 15.9 Å². The number of hydrogen-bond acceptors (Lipinski definition) is 2. The van der Waals surface area contributed by atoms with E-state index in [1.54, 1.807) is 0 Å². The summed E-state index contributed by atoms with van der Waals surface area (Å²) in [6, 6.07) is 7.35. The van der Waals surface area contributed by atoms with E-state index >= 15 is 0 Å². The van der Waals surface area contributed by atoms with E-state index < -0.39 is 0 Å². The molecule has 1 aromatic carbocycles. The SMILES string of the molecule is CC(C)=C1[C@H]2C=C[C@H]1[C@H]1C(=O)N(c3ccc(Br)cc3)C(=O)[C@@H]12. The van der Waals surface area contributed by atoms with Crippen LogP contribution in [0.25, 0.3) is 0 Å². The Morgan fingerprint density at radius 2 is 1.45 bits per heavy atom. The maximum absolute atomic E-state index is 12.9. The molecule has 4 rings (SSSR count). The maximum atomic E-state index is 12.9. The van der Waals surface area contributed by atoms with Crippen LogP contribution in [0.2, 0.25) is 0 Å². The van der Waals surface area contributed by atoms with Gasteiger partial charge in [0.25, 0.3) is 0 Å². The summed E-state index contributed by atoms with van der Waals surface area (Å²) >= 11 is 3.38. The van der Waals surface area contributed by atoms with Crippen molar-refractivity contribution >= 4 is 33.4 Å². The summed E-state index contributed by atoms with van der Waals surface area (Å²) in [6.07, 6.45) is 4.23. The quantitative estimate of drug-likeness (QED) is 0.567. The summed E-state index contributed by atoms with van der Waals surface area (Å²) in [7, 11) is 0. The average molecular weight is 358 g/mol. The van der Waals surface area contributed by atoms with Gasteiger partial charge in [-0.1, -0.05) is 39.2 Å². The molecule has 0 radical (unpaired) electrons. The van der Waals surface area contributed by atoms with Crippen molar-refractivity contribution < 1.29 is 9.59 Å². The Bertz CT molecular complexity index is 709. The molecule has 1 saturated carbocycles. The van der Waals surface area contributed by atoms with Crippen LogP contribution in [-0.4, -0.2) is 11.8 Å². The fraction of sp³-hybridized carbons (Fsp3) is 0.333. The van der Waals surface area contributed by atoms with Gasteiger partial charge in [-0.3, -0.25) is 9.59 Å². The average Bonchev–Trinajstić information content (AvgIpc) is 3.11. The molecule has 0 N–H and O–H groups in total. The van der Waals surface area contributed by atoms with Crippen LogP contribution in [0.1, 0.15) is 13.8 Å². The van der Waals surface area contributed by atoms with E-state index in [1.165, 1.54) is 16.0 Å². The van der Waals surface area contributed by atoms with Gasteiger partial charge in [-0.15, -0.1) is 0 Å². The Morgan fingerprint density at radius 1 is 0.955 bits per heavy atom. The third-order valence-corrected chi connectivity index (χ3v) is 5.61. The highest BCUT2D eigenvalue weighted by molar-refractivity contribution is 9.10. The van der Waals surface area contributed by atoms with Gasteiger partial charge >= 0.3 is 0 Å². The molecule has 2 bridgehead atoms. The van der Waals surface area contributed by atoms with Crippen LogP contribution in [0.3, 0.4) is 0 Å². The Labute approximate surface area is 137 Å². The number of rotatable bonds is 1. The summed E-state index contributed by atoms with van der Waals surface area (Å²) in [5.74, 6) is -0.304. The monoisotopic (exact) mass is 357 g/mol. The number of hydrogen-bond donors (Lipinski definition) is 0. The summed E-state index contributed by atoms with van der Waals surface area (Å²) in [6.45, 7) is 4.15. The normalized spacial score (nSPS) is 32.1. The topological polar surface area (TPSA) is 37.4 Å². The first-order valence-electron chi connectivity index (χ1n) is 7.49. The fourth-order valence-corrected chi connectivity index (χ4v) is 4.54. The van der Waals surface area contributed by atoms with Crippen molar-refractivity contribution in [3.63, 3.8) is 0 Å². The Morgan fingerprint density at radius 3 is 1.91 bits per heavy atom. The van der Waals surface area contributed by atoms with E-state index in [-0.39, 0.29) is 35.5 Å². The van der Waals surface area contributed by atoms with Gasteiger partial charge in [0.05, 0.1) is 17.5 Å². The first-order chi connectivity index (χ1) is 10.5. The summed E-state index contributed by atoms with van der Waals surface area (Å²) in [5, 5.41) is 0. The predicted molar refractivity (Wildman–Crippen MR) is 88.1 cm³/mol. The molecule has 4 atom stereocenters. The highest BCUT2D eigenvalue weighted by Gasteiger charge is 2.61. The first kappa shape index (κ1) is 13.9. The van der Waals surface area contributed by atoms with Crippen LogP contribution in [0.4, 0.5) is 5.69 Å². The lowest BCUT2D eigenvalue weighted by atomic mass is 9.85. The van der Waals surface area contributed by atoms with Crippen molar-refractivity contribution in [2.75, 3.05) is 4.90 Å². The number of halogens is 1. The van der Waals surface area contributed by atoms with Crippen LogP contribution in [-0.2, 0) is 9.59 Å². The smallest absolute Gasteiger partial charge is 0.238 e. The van der Waals surface area contributed by atoms with Gasteiger partial charge in [-0.25, -0.2) is 4.90 Å². The third kappa shape index (κ3) is 1.67. The highest BCUT2D eigenvalue weighted by atomic mass is 79.9.